The van der Waals surface area contributed by atoms with E-state index in [4.69, 9.17) is 17.4 Å². The van der Waals surface area contributed by atoms with Crippen LogP contribution in [0.2, 0.25) is 5.02 Å². The summed E-state index contributed by atoms with van der Waals surface area (Å²) in [6, 6.07) is 4.76. The van der Waals surface area contributed by atoms with Gasteiger partial charge in [-0.25, -0.2) is 5.84 Å². The summed E-state index contributed by atoms with van der Waals surface area (Å²) in [5.41, 5.74) is 4.32. The molecule has 0 radical (unpaired) electrons. The van der Waals surface area contributed by atoms with Gasteiger partial charge in [-0.15, -0.1) is 4.28 Å². The van der Waals surface area contributed by atoms with Gasteiger partial charge in [-0.05, 0) is 12.1 Å². The maximum atomic E-state index is 10.8. The lowest BCUT2D eigenvalue weighted by molar-refractivity contribution is -0.254. The highest BCUT2D eigenvalue weighted by Gasteiger charge is 2.16. The predicted molar refractivity (Wildman–Crippen MR) is 56.6 cm³/mol. The second-order valence-corrected chi connectivity index (χ2v) is 4.81. The molecule has 1 rings (SSSR count). The molecule has 0 amide bonds. The van der Waals surface area contributed by atoms with Crippen molar-refractivity contribution >= 4 is 33.1 Å². The molecule has 6 nitrogen and oxygen atoms in total. The first-order valence-corrected chi connectivity index (χ1v) is 6.05. The van der Waals surface area contributed by atoms with Crippen LogP contribution in [-0.2, 0) is 14.4 Å². The van der Waals surface area contributed by atoms with Crippen molar-refractivity contribution in [3.05, 3.63) is 23.2 Å². The van der Waals surface area contributed by atoms with Crippen LogP contribution in [0.1, 0.15) is 0 Å². The second-order valence-electron chi connectivity index (χ2n) is 2.84. The fourth-order valence-corrected chi connectivity index (χ4v) is 1.48. The molecule has 0 aliphatic rings. The number of quaternary nitrogens is 1. The molecule has 0 saturated heterocycles. The zero-order chi connectivity index (χ0) is 11.6. The zero-order valence-corrected chi connectivity index (χ0v) is 9.55. The number of halogens is 1. The van der Waals surface area contributed by atoms with E-state index in [-0.39, 0.29) is 5.69 Å². The fraction of sp³-hybridized carbons (Fsp3) is 0.143. The van der Waals surface area contributed by atoms with Crippen LogP contribution in [0.5, 0.6) is 0 Å². The summed E-state index contributed by atoms with van der Waals surface area (Å²) in [5.74, 6) is 5.38. The third kappa shape index (κ3) is 3.33. The molecule has 0 unspecified atom stereocenters. The van der Waals surface area contributed by atoms with Crippen LogP contribution in [0.4, 0.5) is 11.4 Å². The molecule has 0 bridgehead atoms. The van der Waals surface area contributed by atoms with E-state index in [1.807, 2.05) is 0 Å². The summed E-state index contributed by atoms with van der Waals surface area (Å²) in [4.78, 5) is 0. The van der Waals surface area contributed by atoms with Crippen molar-refractivity contribution in [3.8, 4) is 0 Å². The van der Waals surface area contributed by atoms with Gasteiger partial charge in [-0.2, -0.15) is 13.6 Å². The van der Waals surface area contributed by atoms with Crippen LogP contribution >= 0.6 is 11.6 Å². The minimum absolute atomic E-state index is 0.285. The van der Waals surface area contributed by atoms with Gasteiger partial charge in [0.2, 0.25) is 0 Å². The second kappa shape index (κ2) is 4.33. The Morgan fingerprint density at radius 3 is 2.67 bits per heavy atom. The van der Waals surface area contributed by atoms with E-state index in [1.54, 1.807) is 18.2 Å². The normalized spacial score (nSPS) is 11.5. The quantitative estimate of drug-likeness (QED) is 0.572. The van der Waals surface area contributed by atoms with Crippen molar-refractivity contribution in [2.75, 3.05) is 11.4 Å². The first-order chi connectivity index (χ1) is 6.81. The number of nitrogens with zero attached hydrogens (tertiary/aromatic N) is 1. The van der Waals surface area contributed by atoms with Crippen molar-refractivity contribution in [3.63, 3.8) is 0 Å². The van der Waals surface area contributed by atoms with E-state index >= 15 is 0 Å². The summed E-state index contributed by atoms with van der Waals surface area (Å²) in [6.45, 7) is 0. The van der Waals surface area contributed by atoms with Gasteiger partial charge in [0, 0.05) is 0 Å². The van der Waals surface area contributed by atoms with Gasteiger partial charge in [0.1, 0.15) is 10.7 Å². The van der Waals surface area contributed by atoms with Crippen molar-refractivity contribution in [2.45, 2.75) is 0 Å². The molecule has 0 fully saturated rings. The zero-order valence-electron chi connectivity index (χ0n) is 7.97. The maximum absolute atomic E-state index is 10.8. The van der Waals surface area contributed by atoms with E-state index in [0.29, 0.717) is 15.9 Å². The molecule has 1 aromatic rings. The lowest BCUT2D eigenvalue weighted by Gasteiger charge is -2.16. The number of rotatable bonds is 3. The van der Waals surface area contributed by atoms with Crippen LogP contribution in [0, 0.1) is 0 Å². The standard InChI is InChI=1S/C7H10ClN3O3S/c1-15(12,13)14-11(10)6-4-2-3-5(8)7(6)9/h2-4H,9-10H2,1H3/p+1. The summed E-state index contributed by atoms with van der Waals surface area (Å²) in [6.07, 6.45) is 0.889. The molecular formula is C7H11ClN3O3S+. The summed E-state index contributed by atoms with van der Waals surface area (Å²) in [7, 11) is -3.67. The smallest absolute Gasteiger partial charge is 0.286 e. The van der Waals surface area contributed by atoms with Gasteiger partial charge < -0.3 is 5.73 Å². The van der Waals surface area contributed by atoms with Gasteiger partial charge >= 0.3 is 0 Å². The molecule has 0 saturated carbocycles. The highest BCUT2D eigenvalue weighted by molar-refractivity contribution is 7.86. The number of anilines is 1. The van der Waals surface area contributed by atoms with E-state index in [0.717, 1.165) is 6.26 Å². The first kappa shape index (κ1) is 12.2. The highest BCUT2D eigenvalue weighted by Crippen LogP contribution is 2.27. The Hall–Kier alpha value is -0.860. The monoisotopic (exact) mass is 252 g/mol. The highest BCUT2D eigenvalue weighted by atomic mass is 35.5. The molecule has 0 heterocycles. The third-order valence-electron chi connectivity index (χ3n) is 1.55. The topological polar surface area (TPSA) is 100 Å². The molecule has 0 aliphatic carbocycles. The third-order valence-corrected chi connectivity index (χ3v) is 2.33. The number of hydrogen-bond donors (Lipinski definition) is 2. The van der Waals surface area contributed by atoms with Crippen LogP contribution in [-0.4, -0.2) is 14.7 Å². The molecule has 84 valence electrons. The molecule has 0 aromatic heterocycles. The molecule has 15 heavy (non-hydrogen) atoms. The van der Waals surface area contributed by atoms with Gasteiger partial charge in [0.15, 0.2) is 5.69 Å². The van der Waals surface area contributed by atoms with Crippen LogP contribution in [0.3, 0.4) is 0 Å². The van der Waals surface area contributed by atoms with Crippen LogP contribution in [0.25, 0.3) is 0 Å². The van der Waals surface area contributed by atoms with Gasteiger partial charge in [-0.3, -0.25) is 0 Å². The number of hydrazine groups is 1. The Bertz CT molecular complexity index is 463. The average molecular weight is 253 g/mol. The SMILES string of the molecule is CS(=O)(=O)ON(N)c1cccc(Cl)c1[NH3+]. The van der Waals surface area contributed by atoms with E-state index < -0.39 is 10.1 Å². The Labute approximate surface area is 92.4 Å². The largest absolute Gasteiger partial charge is 0.322 e. The lowest BCUT2D eigenvalue weighted by Crippen LogP contribution is -2.44. The van der Waals surface area contributed by atoms with Gasteiger partial charge in [0.05, 0.1) is 6.26 Å². The van der Waals surface area contributed by atoms with E-state index in [9.17, 15) is 8.42 Å². The van der Waals surface area contributed by atoms with Crippen molar-refractivity contribution in [1.29, 1.82) is 0 Å². The van der Waals surface area contributed by atoms with E-state index in [1.165, 1.54) is 0 Å². The first-order valence-electron chi connectivity index (χ1n) is 3.86. The summed E-state index contributed by atoms with van der Waals surface area (Å²) >= 11 is 5.78. The molecule has 0 spiro atoms. The molecular weight excluding hydrogens is 242 g/mol. The maximum Gasteiger partial charge on any atom is 0.286 e. The molecule has 8 heteroatoms. The molecule has 0 aliphatic heterocycles. The van der Waals surface area contributed by atoms with Gasteiger partial charge in [-0.1, -0.05) is 17.7 Å². The molecule has 0 atom stereocenters. The van der Waals surface area contributed by atoms with Crippen LogP contribution < -0.4 is 16.7 Å². The predicted octanol–water partition coefficient (Wildman–Crippen LogP) is -0.215. The Balaban J connectivity index is 3.02. The van der Waals surface area contributed by atoms with Gasteiger partial charge in [0.25, 0.3) is 10.1 Å². The molecule has 1 aromatic carbocycles. The summed E-state index contributed by atoms with van der Waals surface area (Å²) in [5, 5.41) is 0.990. The van der Waals surface area contributed by atoms with Crippen LogP contribution in [0.15, 0.2) is 18.2 Å². The van der Waals surface area contributed by atoms with Crippen molar-refractivity contribution < 1.29 is 18.4 Å². The van der Waals surface area contributed by atoms with Crippen molar-refractivity contribution in [2.24, 2.45) is 5.84 Å². The van der Waals surface area contributed by atoms with E-state index in [2.05, 4.69) is 10.0 Å². The fourth-order valence-electron chi connectivity index (χ4n) is 0.940. The lowest BCUT2D eigenvalue weighted by atomic mass is 10.3. The minimum atomic E-state index is -3.67. The minimum Gasteiger partial charge on any atom is -0.322 e. The summed E-state index contributed by atoms with van der Waals surface area (Å²) < 4.78 is 26.1. The Morgan fingerprint density at radius 2 is 2.13 bits per heavy atom. The molecule has 5 N–H and O–H groups in total. The average Bonchev–Trinajstić information content (AvgIpc) is 2.06. The Kier molecular flexibility index (Phi) is 3.53. The van der Waals surface area contributed by atoms with Crippen molar-refractivity contribution in [1.82, 2.24) is 0 Å². The Morgan fingerprint density at radius 1 is 1.53 bits per heavy atom. The number of hydrogen-bond acceptors (Lipinski definition) is 5. The number of nitrogens with two attached hydrogens (primary N) is 1. The number of benzene rings is 1.